The van der Waals surface area contributed by atoms with Crippen molar-refractivity contribution in [3.05, 3.63) is 27.7 Å². The fourth-order valence-electron chi connectivity index (χ4n) is 1.44. The molecule has 0 bridgehead atoms. The Labute approximate surface area is 119 Å². The van der Waals surface area contributed by atoms with Crippen molar-refractivity contribution in [3.63, 3.8) is 0 Å². The van der Waals surface area contributed by atoms with Crippen LogP contribution >= 0.6 is 27.9 Å². The zero-order valence-electron chi connectivity index (χ0n) is 11.1. The van der Waals surface area contributed by atoms with E-state index >= 15 is 0 Å². The van der Waals surface area contributed by atoms with Gasteiger partial charge in [0.2, 0.25) is 0 Å². The molecule has 1 rings (SSSR count). The fourth-order valence-corrected chi connectivity index (χ4v) is 2.71. The first-order valence-electron chi connectivity index (χ1n) is 5.45. The van der Waals surface area contributed by atoms with E-state index in [1.165, 1.54) is 18.0 Å². The third-order valence-corrected chi connectivity index (χ3v) is 3.68. The third kappa shape index (κ3) is 4.10. The molecule has 0 spiro atoms. The lowest BCUT2D eigenvalue weighted by molar-refractivity contribution is 0.562. The highest BCUT2D eigenvalue weighted by atomic mass is 79.9. The second kappa shape index (κ2) is 5.75. The maximum atomic E-state index is 13.9. The van der Waals surface area contributed by atoms with Crippen LogP contribution in [0.4, 0.5) is 14.5 Å². The lowest BCUT2D eigenvalue weighted by Gasteiger charge is -2.27. The lowest BCUT2D eigenvalue weighted by Crippen LogP contribution is -2.25. The number of benzene rings is 1. The standard InChI is InChI=1S/C12H17BrF2N2S/c1-7-6-8(14)9(13)10(15)11(7)16-17(5)18-12(2,3)4/h6,16H,1-5H3. The van der Waals surface area contributed by atoms with Crippen LogP contribution in [0.5, 0.6) is 0 Å². The van der Waals surface area contributed by atoms with Crippen LogP contribution in [0.2, 0.25) is 0 Å². The van der Waals surface area contributed by atoms with E-state index in [9.17, 15) is 8.78 Å². The van der Waals surface area contributed by atoms with E-state index < -0.39 is 11.6 Å². The maximum Gasteiger partial charge on any atom is 0.165 e. The van der Waals surface area contributed by atoms with Crippen LogP contribution in [0.25, 0.3) is 0 Å². The van der Waals surface area contributed by atoms with Gasteiger partial charge >= 0.3 is 0 Å². The Balaban J connectivity index is 2.95. The average Bonchev–Trinajstić information content (AvgIpc) is 2.19. The molecule has 0 atom stereocenters. The van der Waals surface area contributed by atoms with Crippen molar-refractivity contribution in [2.24, 2.45) is 0 Å². The molecular formula is C12H17BrF2N2S. The molecule has 6 heteroatoms. The molecule has 0 aliphatic carbocycles. The zero-order chi connectivity index (χ0) is 14.1. The highest BCUT2D eigenvalue weighted by Gasteiger charge is 2.19. The van der Waals surface area contributed by atoms with Crippen molar-refractivity contribution in [1.29, 1.82) is 0 Å². The van der Waals surface area contributed by atoms with Crippen molar-refractivity contribution in [2.45, 2.75) is 32.4 Å². The topological polar surface area (TPSA) is 15.3 Å². The van der Waals surface area contributed by atoms with E-state index in [2.05, 4.69) is 42.1 Å². The van der Waals surface area contributed by atoms with Crippen LogP contribution < -0.4 is 5.43 Å². The van der Waals surface area contributed by atoms with Crippen molar-refractivity contribution in [1.82, 2.24) is 4.41 Å². The summed E-state index contributed by atoms with van der Waals surface area (Å²) in [7, 11) is 1.80. The largest absolute Gasteiger partial charge is 0.306 e. The summed E-state index contributed by atoms with van der Waals surface area (Å²) < 4.78 is 28.8. The summed E-state index contributed by atoms with van der Waals surface area (Å²) in [6.45, 7) is 7.83. The fraction of sp³-hybridized carbons (Fsp3) is 0.500. The van der Waals surface area contributed by atoms with Crippen molar-refractivity contribution < 1.29 is 8.78 Å². The van der Waals surface area contributed by atoms with E-state index in [0.717, 1.165) is 0 Å². The monoisotopic (exact) mass is 338 g/mol. The van der Waals surface area contributed by atoms with Crippen LogP contribution in [-0.2, 0) is 0 Å². The van der Waals surface area contributed by atoms with Gasteiger partial charge in [0.1, 0.15) is 5.82 Å². The maximum absolute atomic E-state index is 13.9. The Kier molecular flexibility index (Phi) is 5.03. The summed E-state index contributed by atoms with van der Waals surface area (Å²) >= 11 is 4.43. The van der Waals surface area contributed by atoms with Gasteiger partial charge in [0, 0.05) is 11.8 Å². The highest BCUT2D eigenvalue weighted by Crippen LogP contribution is 2.32. The minimum Gasteiger partial charge on any atom is -0.306 e. The zero-order valence-corrected chi connectivity index (χ0v) is 13.5. The SMILES string of the molecule is Cc1cc(F)c(Br)c(F)c1NN(C)SC(C)(C)C. The van der Waals surface area contributed by atoms with Crippen LogP contribution in [0.1, 0.15) is 26.3 Å². The van der Waals surface area contributed by atoms with Gasteiger partial charge in [0.25, 0.3) is 0 Å². The summed E-state index contributed by atoms with van der Waals surface area (Å²) in [6.07, 6.45) is 0. The quantitative estimate of drug-likeness (QED) is 0.486. The number of nitrogens with one attached hydrogen (secondary N) is 1. The number of hydrazine groups is 1. The molecule has 1 aromatic carbocycles. The number of hydrogen-bond donors (Lipinski definition) is 1. The molecule has 0 amide bonds. The van der Waals surface area contributed by atoms with Gasteiger partial charge in [-0.15, -0.1) is 0 Å². The molecule has 1 aromatic rings. The molecule has 1 N–H and O–H groups in total. The van der Waals surface area contributed by atoms with Crippen molar-refractivity contribution in [2.75, 3.05) is 12.5 Å². The molecule has 0 saturated carbocycles. The molecule has 2 nitrogen and oxygen atoms in total. The molecule has 0 aromatic heterocycles. The highest BCUT2D eigenvalue weighted by molar-refractivity contribution is 9.10. The van der Waals surface area contributed by atoms with Gasteiger partial charge < -0.3 is 5.43 Å². The van der Waals surface area contributed by atoms with Gasteiger partial charge in [0.15, 0.2) is 5.82 Å². The van der Waals surface area contributed by atoms with E-state index in [0.29, 0.717) is 5.56 Å². The van der Waals surface area contributed by atoms with Crippen LogP contribution in [0.15, 0.2) is 10.5 Å². The van der Waals surface area contributed by atoms with Gasteiger partial charge in [0.05, 0.1) is 10.2 Å². The van der Waals surface area contributed by atoms with Gasteiger partial charge in [-0.05, 0) is 55.3 Å². The predicted octanol–water partition coefficient (Wildman–Crippen LogP) is 4.74. The van der Waals surface area contributed by atoms with E-state index in [-0.39, 0.29) is 14.9 Å². The minimum atomic E-state index is -0.617. The molecule has 0 aliphatic rings. The first-order valence-corrected chi connectivity index (χ1v) is 7.02. The van der Waals surface area contributed by atoms with E-state index in [1.807, 2.05) is 0 Å². The van der Waals surface area contributed by atoms with Crippen molar-refractivity contribution in [3.8, 4) is 0 Å². The Morgan fingerprint density at radius 3 is 2.39 bits per heavy atom. The van der Waals surface area contributed by atoms with Gasteiger partial charge in [-0.2, -0.15) is 4.41 Å². The summed E-state index contributed by atoms with van der Waals surface area (Å²) in [5, 5.41) is 0. The van der Waals surface area contributed by atoms with Crippen molar-refractivity contribution >= 4 is 33.6 Å². The number of halogens is 3. The van der Waals surface area contributed by atoms with E-state index in [1.54, 1.807) is 18.4 Å². The molecule has 18 heavy (non-hydrogen) atoms. The molecule has 102 valence electrons. The number of hydrogen-bond acceptors (Lipinski definition) is 3. The Bertz CT molecular complexity index is 447. The summed E-state index contributed by atoms with van der Waals surface area (Å²) in [5.74, 6) is -1.21. The second-order valence-electron chi connectivity index (χ2n) is 4.99. The normalized spacial score (nSPS) is 12.1. The number of aryl methyl sites for hydroxylation is 1. The lowest BCUT2D eigenvalue weighted by atomic mass is 10.2. The van der Waals surface area contributed by atoms with Crippen LogP contribution in [0.3, 0.4) is 0 Å². The summed E-state index contributed by atoms with van der Waals surface area (Å²) in [6, 6.07) is 1.30. The number of nitrogens with zero attached hydrogens (tertiary/aromatic N) is 1. The van der Waals surface area contributed by atoms with Gasteiger partial charge in [-0.1, -0.05) is 11.9 Å². The second-order valence-corrected chi connectivity index (χ2v) is 7.74. The molecular weight excluding hydrogens is 322 g/mol. The molecule has 0 heterocycles. The molecule has 0 fully saturated rings. The minimum absolute atomic E-state index is 0.00337. The summed E-state index contributed by atoms with van der Waals surface area (Å²) in [4.78, 5) is 0. The number of rotatable bonds is 3. The van der Waals surface area contributed by atoms with Gasteiger partial charge in [-0.25, -0.2) is 8.78 Å². The molecule has 0 saturated heterocycles. The van der Waals surface area contributed by atoms with E-state index in [4.69, 9.17) is 0 Å². The molecule has 0 aliphatic heterocycles. The first kappa shape index (κ1) is 15.7. The Morgan fingerprint density at radius 1 is 1.33 bits per heavy atom. The third-order valence-electron chi connectivity index (χ3n) is 2.04. The van der Waals surface area contributed by atoms with Crippen LogP contribution in [-0.4, -0.2) is 16.2 Å². The summed E-state index contributed by atoms with van der Waals surface area (Å²) in [5.41, 5.74) is 3.73. The average molecular weight is 339 g/mol. The Hall–Kier alpha value is -0.330. The van der Waals surface area contributed by atoms with Crippen LogP contribution in [0, 0.1) is 18.6 Å². The van der Waals surface area contributed by atoms with Gasteiger partial charge in [-0.3, -0.25) is 0 Å². The predicted molar refractivity (Wildman–Crippen MR) is 77.5 cm³/mol. The smallest absolute Gasteiger partial charge is 0.165 e. The first-order chi connectivity index (χ1) is 8.11. The molecule has 0 radical (unpaired) electrons. The molecule has 0 unspecified atom stereocenters. The Morgan fingerprint density at radius 2 is 1.89 bits per heavy atom. The number of anilines is 1.